The summed E-state index contributed by atoms with van der Waals surface area (Å²) in [5, 5.41) is 2.44. The Bertz CT molecular complexity index is 602. The molecule has 0 aromatic heterocycles. The van der Waals surface area contributed by atoms with Crippen LogP contribution in [0.5, 0.6) is 0 Å². The zero-order chi connectivity index (χ0) is 17.8. The average molecular weight is 343 g/mol. The lowest BCUT2D eigenvalue weighted by Gasteiger charge is -2.47. The van der Waals surface area contributed by atoms with Gasteiger partial charge in [-0.05, 0) is 50.0 Å². The van der Waals surface area contributed by atoms with Gasteiger partial charge in [0.2, 0.25) is 11.8 Å². The molecule has 5 nitrogen and oxygen atoms in total. The maximum absolute atomic E-state index is 12.0. The molecule has 0 saturated carbocycles. The van der Waals surface area contributed by atoms with Crippen LogP contribution in [0.2, 0.25) is 0 Å². The number of nitrogens with one attached hydrogen (secondary N) is 1. The zero-order valence-electron chi connectivity index (χ0n) is 15.3. The van der Waals surface area contributed by atoms with Crippen LogP contribution in [0.1, 0.15) is 51.0 Å². The van der Waals surface area contributed by atoms with Gasteiger partial charge in [-0.2, -0.15) is 0 Å². The number of piperidine rings is 1. The van der Waals surface area contributed by atoms with E-state index in [2.05, 4.69) is 41.1 Å². The molecular formula is C20H29N3O2. The number of hydrogen-bond acceptors (Lipinski definition) is 4. The highest BCUT2D eigenvalue weighted by molar-refractivity contribution is 6.00. The normalized spacial score (nSPS) is 21.4. The van der Waals surface area contributed by atoms with Crippen LogP contribution in [0.3, 0.4) is 0 Å². The van der Waals surface area contributed by atoms with Gasteiger partial charge >= 0.3 is 0 Å². The van der Waals surface area contributed by atoms with E-state index in [0.29, 0.717) is 18.9 Å². The van der Waals surface area contributed by atoms with Gasteiger partial charge in [0.05, 0.1) is 5.92 Å². The van der Waals surface area contributed by atoms with E-state index in [9.17, 15) is 9.59 Å². The van der Waals surface area contributed by atoms with Crippen molar-refractivity contribution >= 4 is 17.5 Å². The van der Waals surface area contributed by atoms with Crippen molar-refractivity contribution in [2.24, 2.45) is 0 Å². The van der Waals surface area contributed by atoms with E-state index in [1.54, 1.807) is 0 Å². The van der Waals surface area contributed by atoms with Gasteiger partial charge in [0.1, 0.15) is 0 Å². The first kappa shape index (κ1) is 17.9. The second-order valence-corrected chi connectivity index (χ2v) is 7.19. The number of rotatable bonds is 7. The van der Waals surface area contributed by atoms with E-state index in [4.69, 9.17) is 0 Å². The fourth-order valence-corrected chi connectivity index (χ4v) is 3.88. The van der Waals surface area contributed by atoms with Crippen molar-refractivity contribution in [1.29, 1.82) is 0 Å². The lowest BCUT2D eigenvalue weighted by molar-refractivity contribution is -0.134. The lowest BCUT2D eigenvalue weighted by atomic mass is 9.90. The number of benzene rings is 1. The molecule has 136 valence electrons. The molecule has 1 aromatic rings. The van der Waals surface area contributed by atoms with Crippen molar-refractivity contribution in [3.8, 4) is 0 Å². The third-order valence-electron chi connectivity index (χ3n) is 5.30. The van der Waals surface area contributed by atoms with Crippen LogP contribution in [-0.4, -0.2) is 48.9 Å². The largest absolute Gasteiger partial charge is 0.368 e. The standard InChI is InChI=1S/C20H29N3O2/c1-3-11-22(12-4-2)17-13-23(14-17)16-7-5-15(6-8-16)18-9-10-19(24)21-20(18)25/h5-8,17-18H,3-4,9-14H2,1-2H3,(H,21,24,25). The summed E-state index contributed by atoms with van der Waals surface area (Å²) in [5.74, 6) is -0.517. The van der Waals surface area contributed by atoms with E-state index in [1.165, 1.54) is 31.6 Å². The van der Waals surface area contributed by atoms with E-state index in [1.807, 2.05) is 12.1 Å². The van der Waals surface area contributed by atoms with Gasteiger partial charge in [-0.15, -0.1) is 0 Å². The molecule has 0 spiro atoms. The van der Waals surface area contributed by atoms with Gasteiger partial charge in [0.15, 0.2) is 0 Å². The minimum atomic E-state index is -0.194. The van der Waals surface area contributed by atoms with Crippen LogP contribution in [-0.2, 0) is 9.59 Å². The SMILES string of the molecule is CCCN(CCC)C1CN(c2ccc(C3CCC(=O)NC3=O)cc2)C1. The quantitative estimate of drug-likeness (QED) is 0.773. The summed E-state index contributed by atoms with van der Waals surface area (Å²) in [6, 6.07) is 8.96. The number of amides is 2. The fraction of sp³-hybridized carbons (Fsp3) is 0.600. The van der Waals surface area contributed by atoms with Crippen molar-refractivity contribution in [2.45, 2.75) is 51.5 Å². The number of imide groups is 1. The van der Waals surface area contributed by atoms with Gasteiger partial charge in [-0.25, -0.2) is 0 Å². The second-order valence-electron chi connectivity index (χ2n) is 7.19. The molecule has 1 unspecified atom stereocenters. The van der Waals surface area contributed by atoms with Crippen molar-refractivity contribution in [3.63, 3.8) is 0 Å². The Labute approximate surface area is 150 Å². The number of hydrogen-bond donors (Lipinski definition) is 1. The molecule has 1 atom stereocenters. The topological polar surface area (TPSA) is 52.6 Å². The van der Waals surface area contributed by atoms with Crippen LogP contribution >= 0.6 is 0 Å². The highest BCUT2D eigenvalue weighted by atomic mass is 16.2. The maximum atomic E-state index is 12.0. The Kier molecular flexibility index (Phi) is 5.74. The summed E-state index contributed by atoms with van der Waals surface area (Å²) in [5.41, 5.74) is 2.23. The molecule has 2 amide bonds. The van der Waals surface area contributed by atoms with E-state index in [-0.39, 0.29) is 17.7 Å². The Balaban J connectivity index is 1.57. The maximum Gasteiger partial charge on any atom is 0.234 e. The number of anilines is 1. The van der Waals surface area contributed by atoms with Crippen LogP contribution in [0.4, 0.5) is 5.69 Å². The third-order valence-corrected chi connectivity index (χ3v) is 5.30. The molecular weight excluding hydrogens is 314 g/mol. The Morgan fingerprint density at radius 2 is 1.72 bits per heavy atom. The van der Waals surface area contributed by atoms with Gasteiger partial charge in [0.25, 0.3) is 0 Å². The van der Waals surface area contributed by atoms with Crippen LogP contribution in [0, 0.1) is 0 Å². The predicted octanol–water partition coefficient (Wildman–Crippen LogP) is 2.52. The summed E-state index contributed by atoms with van der Waals surface area (Å²) < 4.78 is 0. The molecule has 2 fully saturated rings. The molecule has 2 aliphatic rings. The van der Waals surface area contributed by atoms with Crippen LogP contribution < -0.4 is 10.2 Å². The molecule has 1 N–H and O–H groups in total. The Hall–Kier alpha value is -1.88. The van der Waals surface area contributed by atoms with Crippen molar-refractivity contribution in [2.75, 3.05) is 31.1 Å². The monoisotopic (exact) mass is 343 g/mol. The first-order chi connectivity index (χ1) is 12.1. The molecule has 0 bridgehead atoms. The highest BCUT2D eigenvalue weighted by Gasteiger charge is 2.32. The lowest BCUT2D eigenvalue weighted by Crippen LogP contribution is -2.59. The summed E-state index contributed by atoms with van der Waals surface area (Å²) in [6.45, 7) is 9.01. The zero-order valence-corrected chi connectivity index (χ0v) is 15.3. The Morgan fingerprint density at radius 3 is 2.28 bits per heavy atom. The molecule has 0 radical (unpaired) electrons. The first-order valence-corrected chi connectivity index (χ1v) is 9.55. The second kappa shape index (κ2) is 8.00. The average Bonchev–Trinajstić information content (AvgIpc) is 2.55. The third kappa shape index (κ3) is 4.03. The number of carbonyl (C=O) groups is 2. The van der Waals surface area contributed by atoms with Gasteiger partial charge < -0.3 is 4.90 Å². The summed E-state index contributed by atoms with van der Waals surface area (Å²) >= 11 is 0. The summed E-state index contributed by atoms with van der Waals surface area (Å²) in [7, 11) is 0. The summed E-state index contributed by atoms with van der Waals surface area (Å²) in [6.07, 6.45) is 3.45. The van der Waals surface area contributed by atoms with Gasteiger partial charge in [-0.1, -0.05) is 26.0 Å². The molecule has 2 heterocycles. The smallest absolute Gasteiger partial charge is 0.234 e. The molecule has 5 heteroatoms. The number of nitrogens with zero attached hydrogens (tertiary/aromatic N) is 2. The molecule has 2 aliphatic heterocycles. The molecule has 3 rings (SSSR count). The first-order valence-electron chi connectivity index (χ1n) is 9.55. The van der Waals surface area contributed by atoms with Gasteiger partial charge in [-0.3, -0.25) is 19.8 Å². The van der Waals surface area contributed by atoms with Crippen molar-refractivity contribution in [1.82, 2.24) is 10.2 Å². The minimum Gasteiger partial charge on any atom is -0.368 e. The number of carbonyl (C=O) groups excluding carboxylic acids is 2. The van der Waals surface area contributed by atoms with Crippen LogP contribution in [0.25, 0.3) is 0 Å². The minimum absolute atomic E-state index is 0.159. The predicted molar refractivity (Wildman–Crippen MR) is 99.7 cm³/mol. The fourth-order valence-electron chi connectivity index (χ4n) is 3.88. The van der Waals surface area contributed by atoms with Crippen molar-refractivity contribution < 1.29 is 9.59 Å². The van der Waals surface area contributed by atoms with Crippen molar-refractivity contribution in [3.05, 3.63) is 29.8 Å². The molecule has 25 heavy (non-hydrogen) atoms. The van der Waals surface area contributed by atoms with Gasteiger partial charge in [0, 0.05) is 31.2 Å². The highest BCUT2D eigenvalue weighted by Crippen LogP contribution is 2.29. The molecule has 2 saturated heterocycles. The summed E-state index contributed by atoms with van der Waals surface area (Å²) in [4.78, 5) is 28.3. The Morgan fingerprint density at radius 1 is 1.08 bits per heavy atom. The van der Waals surface area contributed by atoms with E-state index in [0.717, 1.165) is 18.7 Å². The van der Waals surface area contributed by atoms with E-state index >= 15 is 0 Å². The van der Waals surface area contributed by atoms with E-state index < -0.39 is 0 Å². The van der Waals surface area contributed by atoms with Crippen LogP contribution in [0.15, 0.2) is 24.3 Å². The molecule has 0 aliphatic carbocycles. The molecule has 1 aromatic carbocycles.